The van der Waals surface area contributed by atoms with Crippen LogP contribution < -0.4 is 10.6 Å². The van der Waals surface area contributed by atoms with Crippen LogP contribution in [0, 0.1) is 21.7 Å². The second kappa shape index (κ2) is 7.11. The largest absolute Gasteiger partial charge is 0.396 e. The Morgan fingerprint density at radius 2 is 0.727 bits per heavy atom. The zero-order chi connectivity index (χ0) is 17.1. The van der Waals surface area contributed by atoms with Gasteiger partial charge in [0.1, 0.15) is 0 Å². The Balaban J connectivity index is 0.000000220. The average molecular weight is 318 g/mol. The molecule has 0 bridgehead atoms. The van der Waals surface area contributed by atoms with Crippen molar-refractivity contribution in [2.45, 2.75) is 27.7 Å². The van der Waals surface area contributed by atoms with E-state index >= 15 is 0 Å². The molecule has 0 unspecified atom stereocenters. The topological polar surface area (TPSA) is 105 Å². The van der Waals surface area contributed by atoms with Gasteiger partial charge in [-0.05, 0) is 0 Å². The predicted molar refractivity (Wildman–Crippen MR) is 86.5 cm³/mol. The van der Waals surface area contributed by atoms with Crippen LogP contribution >= 0.6 is 0 Å². The van der Waals surface area contributed by atoms with Gasteiger partial charge < -0.3 is 31.1 Å². The van der Waals surface area contributed by atoms with E-state index in [1.807, 2.05) is 27.7 Å². The number of hydrogen-bond acceptors (Lipinski definition) is 6. The second-order valence-electron chi connectivity index (χ2n) is 8.08. The summed E-state index contributed by atoms with van der Waals surface area (Å²) in [6.45, 7) is 11.7. The van der Waals surface area contributed by atoms with Gasteiger partial charge in [0.25, 0.3) is 0 Å². The molecule has 2 aliphatic heterocycles. The maximum absolute atomic E-state index is 9.14. The Morgan fingerprint density at radius 1 is 0.545 bits per heavy atom. The number of aliphatic hydroxyl groups is 4. The standard InChI is InChI=1S/2C8H17NO2/c2*1-7(5-10)3-9-4-8(7,2)6-11/h2*9-11H,3-6H2,1-2H3/t2*7-,8+. The lowest BCUT2D eigenvalue weighted by atomic mass is 9.69. The van der Waals surface area contributed by atoms with Crippen LogP contribution in [-0.2, 0) is 0 Å². The summed E-state index contributed by atoms with van der Waals surface area (Å²) in [4.78, 5) is 0. The van der Waals surface area contributed by atoms with Crippen LogP contribution in [0.1, 0.15) is 27.7 Å². The van der Waals surface area contributed by atoms with Gasteiger partial charge in [0.2, 0.25) is 0 Å². The highest BCUT2D eigenvalue weighted by Crippen LogP contribution is 2.41. The molecule has 22 heavy (non-hydrogen) atoms. The summed E-state index contributed by atoms with van der Waals surface area (Å²) < 4.78 is 0. The monoisotopic (exact) mass is 318 g/mol. The molecular weight excluding hydrogens is 284 g/mol. The first-order valence-electron chi connectivity index (χ1n) is 8.01. The molecule has 0 amide bonds. The van der Waals surface area contributed by atoms with Gasteiger partial charge >= 0.3 is 0 Å². The van der Waals surface area contributed by atoms with Crippen molar-refractivity contribution in [2.24, 2.45) is 21.7 Å². The van der Waals surface area contributed by atoms with Crippen molar-refractivity contribution in [2.75, 3.05) is 52.6 Å². The molecule has 0 aromatic heterocycles. The Bertz CT molecular complexity index is 304. The third-order valence-electron chi connectivity index (χ3n) is 6.37. The van der Waals surface area contributed by atoms with Crippen molar-refractivity contribution >= 4 is 0 Å². The maximum Gasteiger partial charge on any atom is 0.0503 e. The van der Waals surface area contributed by atoms with Crippen LogP contribution in [0.3, 0.4) is 0 Å². The lowest BCUT2D eigenvalue weighted by Crippen LogP contribution is -2.41. The van der Waals surface area contributed by atoms with E-state index in [0.29, 0.717) is 0 Å². The molecule has 2 fully saturated rings. The first-order chi connectivity index (χ1) is 10.2. The summed E-state index contributed by atoms with van der Waals surface area (Å²) in [5, 5.41) is 42.9. The van der Waals surface area contributed by atoms with E-state index in [-0.39, 0.29) is 48.1 Å². The number of aliphatic hydroxyl groups excluding tert-OH is 4. The fourth-order valence-corrected chi connectivity index (χ4v) is 3.07. The van der Waals surface area contributed by atoms with Gasteiger partial charge in [-0.3, -0.25) is 0 Å². The molecule has 2 aliphatic rings. The summed E-state index contributed by atoms with van der Waals surface area (Å²) in [5.41, 5.74) is -0.660. The van der Waals surface area contributed by atoms with Crippen molar-refractivity contribution in [3.05, 3.63) is 0 Å². The molecule has 2 rings (SSSR count). The lowest BCUT2D eigenvalue weighted by Gasteiger charge is -2.37. The Morgan fingerprint density at radius 3 is 0.864 bits per heavy atom. The summed E-state index contributed by atoms with van der Waals surface area (Å²) >= 11 is 0. The highest BCUT2D eigenvalue weighted by molar-refractivity contribution is 5.00. The number of nitrogens with one attached hydrogen (secondary N) is 2. The van der Waals surface area contributed by atoms with E-state index in [0.717, 1.165) is 26.2 Å². The fourth-order valence-electron chi connectivity index (χ4n) is 3.07. The minimum Gasteiger partial charge on any atom is -0.396 e. The van der Waals surface area contributed by atoms with Crippen LogP contribution in [0.2, 0.25) is 0 Å². The normalized spacial score (nSPS) is 44.7. The van der Waals surface area contributed by atoms with E-state index in [2.05, 4.69) is 10.6 Å². The minimum atomic E-state index is -0.165. The molecule has 0 aliphatic carbocycles. The summed E-state index contributed by atoms with van der Waals surface area (Å²) in [6, 6.07) is 0. The molecule has 0 radical (unpaired) electrons. The molecule has 6 heteroatoms. The van der Waals surface area contributed by atoms with Gasteiger partial charge in [0.05, 0.1) is 26.4 Å². The van der Waals surface area contributed by atoms with Crippen LogP contribution in [0.15, 0.2) is 0 Å². The predicted octanol–water partition coefficient (Wildman–Crippen LogP) is -0.826. The fraction of sp³-hybridized carbons (Fsp3) is 1.00. The van der Waals surface area contributed by atoms with E-state index in [1.165, 1.54) is 0 Å². The Hall–Kier alpha value is -0.240. The van der Waals surface area contributed by atoms with Gasteiger partial charge in [-0.1, -0.05) is 27.7 Å². The maximum atomic E-state index is 9.14. The zero-order valence-electron chi connectivity index (χ0n) is 14.4. The lowest BCUT2D eigenvalue weighted by molar-refractivity contribution is 0.00976. The van der Waals surface area contributed by atoms with Gasteiger partial charge in [-0.2, -0.15) is 0 Å². The molecule has 0 aromatic carbocycles. The number of hydrogen-bond donors (Lipinski definition) is 6. The first-order valence-corrected chi connectivity index (χ1v) is 8.01. The van der Waals surface area contributed by atoms with Crippen molar-refractivity contribution in [1.82, 2.24) is 10.6 Å². The van der Waals surface area contributed by atoms with Crippen LogP contribution in [0.25, 0.3) is 0 Å². The molecule has 6 N–H and O–H groups in total. The third-order valence-corrected chi connectivity index (χ3v) is 6.37. The molecule has 6 nitrogen and oxygen atoms in total. The van der Waals surface area contributed by atoms with Crippen molar-refractivity contribution < 1.29 is 20.4 Å². The molecule has 2 heterocycles. The molecular formula is C16H34N2O4. The molecule has 4 atom stereocenters. The molecule has 132 valence electrons. The van der Waals surface area contributed by atoms with Crippen LogP contribution in [-0.4, -0.2) is 73.0 Å². The smallest absolute Gasteiger partial charge is 0.0503 e. The summed E-state index contributed by atoms with van der Waals surface area (Å²) in [7, 11) is 0. The Labute approximate surface area is 133 Å². The SMILES string of the molecule is C[C@]1(CO)CNC[C@@]1(C)CO.C[C@]1(CO)CNC[C@@]1(C)CO. The van der Waals surface area contributed by atoms with Gasteiger partial charge in [-0.25, -0.2) is 0 Å². The van der Waals surface area contributed by atoms with E-state index in [9.17, 15) is 0 Å². The minimum absolute atomic E-state index is 0.136. The quantitative estimate of drug-likeness (QED) is 0.404. The Kier molecular flexibility index (Phi) is 6.40. The van der Waals surface area contributed by atoms with Crippen molar-refractivity contribution in [3.63, 3.8) is 0 Å². The van der Waals surface area contributed by atoms with Crippen LogP contribution in [0.5, 0.6) is 0 Å². The average Bonchev–Trinajstić information content (AvgIpc) is 3.00. The first kappa shape index (κ1) is 19.8. The summed E-state index contributed by atoms with van der Waals surface area (Å²) in [6.07, 6.45) is 0. The highest BCUT2D eigenvalue weighted by Gasteiger charge is 2.48. The second-order valence-corrected chi connectivity index (χ2v) is 8.08. The molecule has 0 spiro atoms. The van der Waals surface area contributed by atoms with Crippen molar-refractivity contribution in [1.29, 1.82) is 0 Å². The zero-order valence-corrected chi connectivity index (χ0v) is 14.4. The van der Waals surface area contributed by atoms with Crippen LogP contribution in [0.4, 0.5) is 0 Å². The van der Waals surface area contributed by atoms with E-state index in [4.69, 9.17) is 20.4 Å². The van der Waals surface area contributed by atoms with Gasteiger partial charge in [0, 0.05) is 47.8 Å². The number of rotatable bonds is 4. The molecule has 0 aromatic rings. The molecule has 0 saturated carbocycles. The summed E-state index contributed by atoms with van der Waals surface area (Å²) in [5.74, 6) is 0. The van der Waals surface area contributed by atoms with Gasteiger partial charge in [0.15, 0.2) is 0 Å². The van der Waals surface area contributed by atoms with Crippen molar-refractivity contribution in [3.8, 4) is 0 Å². The van der Waals surface area contributed by atoms with E-state index in [1.54, 1.807) is 0 Å². The molecule has 2 saturated heterocycles. The van der Waals surface area contributed by atoms with E-state index < -0.39 is 0 Å². The third kappa shape index (κ3) is 3.32. The highest BCUT2D eigenvalue weighted by atomic mass is 16.3. The van der Waals surface area contributed by atoms with Gasteiger partial charge in [-0.15, -0.1) is 0 Å².